The van der Waals surface area contributed by atoms with Crippen LogP contribution < -0.4 is 5.32 Å². The van der Waals surface area contributed by atoms with Crippen molar-refractivity contribution < 1.29 is 23.3 Å². The maximum Gasteiger partial charge on any atom is 0.358 e. The molecule has 0 radical (unpaired) electrons. The van der Waals surface area contributed by atoms with Crippen LogP contribution in [0, 0.1) is 16.7 Å². The van der Waals surface area contributed by atoms with Crippen molar-refractivity contribution in [3.8, 4) is 0 Å². The van der Waals surface area contributed by atoms with Gasteiger partial charge in [0.1, 0.15) is 11.9 Å². The predicted molar refractivity (Wildman–Crippen MR) is 113 cm³/mol. The van der Waals surface area contributed by atoms with Gasteiger partial charge in [0.2, 0.25) is 0 Å². The fourth-order valence-corrected chi connectivity index (χ4v) is 6.33. The molecule has 5 rings (SSSR count). The van der Waals surface area contributed by atoms with Gasteiger partial charge in [0.25, 0.3) is 14.9 Å². The zero-order chi connectivity index (χ0) is 21.8. The maximum absolute atomic E-state index is 13.2. The number of aromatic nitrogens is 2. The number of aliphatic hydroxyl groups is 1. The lowest BCUT2D eigenvalue weighted by atomic mass is 9.92. The van der Waals surface area contributed by atoms with Gasteiger partial charge in [0.15, 0.2) is 12.8 Å². The Morgan fingerprint density at radius 3 is 2.65 bits per heavy atom. The van der Waals surface area contributed by atoms with E-state index in [1.54, 1.807) is 24.3 Å². The van der Waals surface area contributed by atoms with Crippen LogP contribution >= 0.6 is 0 Å². The Morgan fingerprint density at radius 1 is 1.19 bits per heavy atom. The molecule has 0 saturated heterocycles. The van der Waals surface area contributed by atoms with Crippen molar-refractivity contribution >= 4 is 32.4 Å². The number of nitrogens with zero attached hydrogens (tertiary/aromatic N) is 3. The first-order valence-electron chi connectivity index (χ1n) is 10.2. The molecule has 162 valence electrons. The van der Waals surface area contributed by atoms with Crippen LogP contribution in [0.3, 0.4) is 0 Å². The van der Waals surface area contributed by atoms with Crippen LogP contribution in [0.4, 0.5) is 11.4 Å². The van der Waals surface area contributed by atoms with Crippen molar-refractivity contribution in [2.75, 3.05) is 12.4 Å². The Labute approximate surface area is 179 Å². The van der Waals surface area contributed by atoms with E-state index in [2.05, 4.69) is 10.3 Å². The molecule has 0 amide bonds. The highest BCUT2D eigenvalue weighted by atomic mass is 32.2. The van der Waals surface area contributed by atoms with Crippen molar-refractivity contribution in [2.24, 2.45) is 11.8 Å². The van der Waals surface area contributed by atoms with E-state index in [0.717, 1.165) is 23.2 Å². The lowest BCUT2D eigenvalue weighted by Crippen LogP contribution is -2.34. The fraction of sp³-hybridized carbons (Fsp3) is 0.381. The Hall–Kier alpha value is -2.98. The van der Waals surface area contributed by atoms with Crippen molar-refractivity contribution in [1.29, 1.82) is 0 Å². The highest BCUT2D eigenvalue weighted by Crippen LogP contribution is 2.47. The minimum atomic E-state index is -3.86. The molecule has 31 heavy (non-hydrogen) atoms. The van der Waals surface area contributed by atoms with E-state index in [9.17, 15) is 18.4 Å². The van der Waals surface area contributed by atoms with Crippen molar-refractivity contribution in [3.63, 3.8) is 0 Å². The first-order valence-corrected chi connectivity index (χ1v) is 11.6. The van der Waals surface area contributed by atoms with Crippen molar-refractivity contribution in [2.45, 2.75) is 36.3 Å². The molecule has 2 aliphatic rings. The monoisotopic (exact) mass is 443 g/mol. The molecule has 10 heteroatoms. The molecule has 2 saturated carbocycles. The second kappa shape index (κ2) is 7.31. The molecule has 0 spiro atoms. The van der Waals surface area contributed by atoms with Gasteiger partial charge in [-0.15, -0.1) is 0 Å². The second-order valence-corrected chi connectivity index (χ2v) is 10.00. The summed E-state index contributed by atoms with van der Waals surface area (Å²) in [5, 5.41) is 14.2. The summed E-state index contributed by atoms with van der Waals surface area (Å²) >= 11 is 0. The number of pyridine rings is 1. The summed E-state index contributed by atoms with van der Waals surface area (Å²) in [6.45, 7) is 0. The van der Waals surface area contributed by atoms with E-state index in [1.165, 1.54) is 31.6 Å². The SMILES string of the molecule is CO[N+](=O)c1cnc2c(ccn2S(=O)(=O)c2ccccc2)c1NC1CC2CC(O)C1C2. The number of fused-ring (bicyclic) bond motifs is 3. The van der Waals surface area contributed by atoms with Gasteiger partial charge in [0.05, 0.1) is 21.3 Å². The average Bonchev–Trinajstić information content (AvgIpc) is 3.47. The van der Waals surface area contributed by atoms with Gasteiger partial charge in [-0.3, -0.25) is 0 Å². The number of hydrogen-bond acceptors (Lipinski definition) is 7. The van der Waals surface area contributed by atoms with Crippen LogP contribution in [0.15, 0.2) is 53.7 Å². The van der Waals surface area contributed by atoms with Crippen LogP contribution in [0.25, 0.3) is 11.0 Å². The molecule has 2 aliphatic carbocycles. The molecule has 2 heterocycles. The Bertz CT molecular complexity index is 1260. The molecular formula is C21H23N4O5S+. The summed E-state index contributed by atoms with van der Waals surface area (Å²) in [4.78, 5) is 21.9. The van der Waals surface area contributed by atoms with Gasteiger partial charge in [-0.25, -0.2) is 22.2 Å². The van der Waals surface area contributed by atoms with Gasteiger partial charge >= 0.3 is 5.69 Å². The first kappa shape index (κ1) is 20.0. The Balaban J connectivity index is 1.62. The molecule has 9 nitrogen and oxygen atoms in total. The number of hydrogen-bond donors (Lipinski definition) is 2. The first-order chi connectivity index (χ1) is 14.9. The molecule has 0 aliphatic heterocycles. The quantitative estimate of drug-likeness (QED) is 0.563. The highest BCUT2D eigenvalue weighted by molar-refractivity contribution is 7.90. The average molecular weight is 444 g/mol. The van der Waals surface area contributed by atoms with Gasteiger partial charge in [-0.2, -0.15) is 0 Å². The lowest BCUT2D eigenvalue weighted by molar-refractivity contribution is -0.736. The van der Waals surface area contributed by atoms with Crippen LogP contribution in [-0.2, 0) is 14.9 Å². The standard InChI is InChI=1S/C21H23N4O5S/c1-30-25(27)18-12-22-21-15(20(18)23-17-10-13-9-16(17)19(26)11-13)7-8-24(21)31(28,29)14-5-3-2-4-6-14/h2-8,12-13,16-17,19,26H,9-11H2,1H3,(H,22,23)/q+1. The van der Waals surface area contributed by atoms with Gasteiger partial charge in [0, 0.05) is 18.2 Å². The zero-order valence-corrected chi connectivity index (χ0v) is 17.7. The number of rotatable bonds is 6. The van der Waals surface area contributed by atoms with Gasteiger partial charge in [-0.05, 0) is 43.4 Å². The second-order valence-electron chi connectivity index (χ2n) is 8.18. The van der Waals surface area contributed by atoms with Crippen molar-refractivity contribution in [3.05, 3.63) is 53.7 Å². The third-order valence-corrected chi connectivity index (χ3v) is 8.11. The third-order valence-electron chi connectivity index (χ3n) is 6.43. The summed E-state index contributed by atoms with van der Waals surface area (Å²) in [7, 11) is -2.60. The molecule has 4 atom stereocenters. The van der Waals surface area contributed by atoms with Crippen LogP contribution in [-0.4, -0.2) is 46.7 Å². The highest BCUT2D eigenvalue weighted by Gasteiger charge is 2.46. The summed E-state index contributed by atoms with van der Waals surface area (Å²) in [5.41, 5.74) is 0.819. The number of anilines is 1. The summed E-state index contributed by atoms with van der Waals surface area (Å²) in [5.74, 6) is 0.547. The van der Waals surface area contributed by atoms with Crippen LogP contribution in [0.2, 0.25) is 0 Å². The summed E-state index contributed by atoms with van der Waals surface area (Å²) in [6, 6.07) is 9.72. The fourth-order valence-electron chi connectivity index (χ4n) is 5.01. The topological polar surface area (TPSA) is 114 Å². The molecule has 2 N–H and O–H groups in total. The number of benzene rings is 1. The van der Waals surface area contributed by atoms with E-state index < -0.39 is 10.0 Å². The van der Waals surface area contributed by atoms with Gasteiger partial charge in [-0.1, -0.05) is 18.2 Å². The van der Waals surface area contributed by atoms with E-state index in [1.807, 2.05) is 0 Å². The van der Waals surface area contributed by atoms with Gasteiger partial charge < -0.3 is 10.4 Å². The summed E-state index contributed by atoms with van der Waals surface area (Å²) < 4.78 is 27.4. The molecule has 2 fully saturated rings. The van der Waals surface area contributed by atoms with E-state index in [-0.39, 0.29) is 34.3 Å². The van der Waals surface area contributed by atoms with E-state index in [4.69, 9.17) is 4.84 Å². The zero-order valence-electron chi connectivity index (χ0n) is 16.9. The Morgan fingerprint density at radius 2 is 1.97 bits per heavy atom. The minimum absolute atomic E-state index is 0.0163. The normalized spacial score (nSPS) is 25.1. The smallest absolute Gasteiger partial charge is 0.358 e. The molecule has 2 bridgehead atoms. The van der Waals surface area contributed by atoms with Crippen LogP contribution in [0.1, 0.15) is 19.3 Å². The summed E-state index contributed by atoms with van der Waals surface area (Å²) in [6.07, 6.45) is 5.01. The van der Waals surface area contributed by atoms with Crippen LogP contribution in [0.5, 0.6) is 0 Å². The maximum atomic E-state index is 13.2. The molecule has 1 aromatic carbocycles. The molecule has 4 unspecified atom stereocenters. The van der Waals surface area contributed by atoms with Crippen molar-refractivity contribution in [1.82, 2.24) is 8.96 Å². The van der Waals surface area contributed by atoms with E-state index in [0.29, 0.717) is 21.9 Å². The molecule has 3 aromatic rings. The number of nitrogens with one attached hydrogen (secondary N) is 1. The largest absolute Gasteiger partial charge is 0.393 e. The predicted octanol–water partition coefficient (Wildman–Crippen LogP) is 2.82. The lowest BCUT2D eigenvalue weighted by Gasteiger charge is -2.27. The minimum Gasteiger partial charge on any atom is -0.393 e. The van der Waals surface area contributed by atoms with E-state index >= 15 is 0 Å². The molecule has 2 aromatic heterocycles. The molecular weight excluding hydrogens is 420 g/mol. The third kappa shape index (κ3) is 3.17. The Kier molecular flexibility index (Phi) is 4.71. The number of aliphatic hydroxyl groups excluding tert-OH is 1.